The van der Waals surface area contributed by atoms with Gasteiger partial charge in [0.15, 0.2) is 0 Å². The maximum Gasteiger partial charge on any atom is 0.303 e. The highest BCUT2D eigenvalue weighted by Gasteiger charge is 2.53. The number of amides is 2. The number of fused-ring (bicyclic) bond motifs is 2. The van der Waals surface area contributed by atoms with Crippen molar-refractivity contribution in [1.82, 2.24) is 10.6 Å². The molecule has 2 amide bonds. The average Bonchev–Trinajstić information content (AvgIpc) is 3.29. The van der Waals surface area contributed by atoms with Gasteiger partial charge in [-0.15, -0.1) is 11.8 Å². The van der Waals surface area contributed by atoms with Gasteiger partial charge in [-0.3, -0.25) is 19.2 Å². The van der Waals surface area contributed by atoms with E-state index in [9.17, 15) is 19.2 Å². The van der Waals surface area contributed by atoms with Crippen LogP contribution in [0.2, 0.25) is 0 Å². The highest BCUT2D eigenvalue weighted by atomic mass is 32.2. The van der Waals surface area contributed by atoms with E-state index in [1.165, 1.54) is 11.8 Å². The van der Waals surface area contributed by atoms with Gasteiger partial charge in [0, 0.05) is 29.7 Å². The van der Waals surface area contributed by atoms with Gasteiger partial charge in [0.2, 0.25) is 11.8 Å². The van der Waals surface area contributed by atoms with Gasteiger partial charge in [-0.1, -0.05) is 30.4 Å². The molecule has 3 rings (SSSR count). The molecule has 2 aliphatic carbocycles. The summed E-state index contributed by atoms with van der Waals surface area (Å²) >= 11 is 1.42. The second-order valence-electron chi connectivity index (χ2n) is 8.70. The van der Waals surface area contributed by atoms with Crippen LogP contribution in [0.1, 0.15) is 38.5 Å². The highest BCUT2D eigenvalue weighted by Crippen LogP contribution is 2.51. The Morgan fingerprint density at radius 2 is 1.73 bits per heavy atom. The highest BCUT2D eigenvalue weighted by molar-refractivity contribution is 8.00. The zero-order chi connectivity index (χ0) is 23.6. The van der Waals surface area contributed by atoms with E-state index in [1.807, 2.05) is 36.4 Å². The van der Waals surface area contributed by atoms with E-state index >= 15 is 0 Å². The summed E-state index contributed by atoms with van der Waals surface area (Å²) in [5, 5.41) is 14.3. The van der Waals surface area contributed by atoms with E-state index in [0.29, 0.717) is 25.2 Å². The largest absolute Gasteiger partial charge is 0.481 e. The Bertz CT molecular complexity index is 873. The lowest BCUT2D eigenvalue weighted by Crippen LogP contribution is -2.41. The molecule has 2 fully saturated rings. The van der Waals surface area contributed by atoms with Crippen LogP contribution in [0.3, 0.4) is 0 Å². The number of hydrogen-bond donors (Lipinski definition) is 3. The predicted octanol–water partition coefficient (Wildman–Crippen LogP) is 3.05. The Morgan fingerprint density at radius 3 is 2.45 bits per heavy atom. The molecule has 2 aliphatic rings. The van der Waals surface area contributed by atoms with E-state index < -0.39 is 5.97 Å². The van der Waals surface area contributed by atoms with Gasteiger partial charge >= 0.3 is 5.97 Å². The predicted molar refractivity (Wildman–Crippen MR) is 127 cm³/mol. The lowest BCUT2D eigenvalue weighted by molar-refractivity contribution is -0.137. The Labute approximate surface area is 198 Å². The minimum absolute atomic E-state index is 0.0116. The third-order valence-corrected chi connectivity index (χ3v) is 7.55. The number of carboxylic acid groups (broad SMARTS) is 1. The molecule has 0 radical (unpaired) electrons. The lowest BCUT2D eigenvalue weighted by atomic mass is 9.77. The van der Waals surface area contributed by atoms with Crippen molar-refractivity contribution in [3.8, 4) is 0 Å². The fraction of sp³-hybridized carbons (Fsp3) is 0.520. The van der Waals surface area contributed by atoms with Gasteiger partial charge < -0.3 is 15.7 Å². The molecule has 33 heavy (non-hydrogen) atoms. The smallest absolute Gasteiger partial charge is 0.303 e. The van der Waals surface area contributed by atoms with Crippen molar-refractivity contribution in [3.63, 3.8) is 0 Å². The maximum atomic E-state index is 12.6. The fourth-order valence-corrected chi connectivity index (χ4v) is 5.68. The molecule has 2 saturated carbocycles. The molecule has 178 valence electrons. The van der Waals surface area contributed by atoms with Gasteiger partial charge in [-0.25, -0.2) is 0 Å². The maximum absolute atomic E-state index is 12.6. The molecule has 7 nitrogen and oxygen atoms in total. The minimum Gasteiger partial charge on any atom is -0.481 e. The second-order valence-corrected chi connectivity index (χ2v) is 9.74. The Kier molecular flexibility index (Phi) is 9.54. The normalized spacial score (nSPS) is 23.7. The molecule has 0 unspecified atom stereocenters. The summed E-state index contributed by atoms with van der Waals surface area (Å²) in [6, 6.07) is 9.61. The second kappa shape index (κ2) is 12.6. The number of ketones is 1. The number of thioether (sulfide) groups is 1. The van der Waals surface area contributed by atoms with Crippen LogP contribution in [0.5, 0.6) is 0 Å². The number of nitrogens with one attached hydrogen (secondary N) is 2. The molecule has 0 heterocycles. The first-order chi connectivity index (χ1) is 16.0. The van der Waals surface area contributed by atoms with E-state index in [1.54, 1.807) is 0 Å². The number of hydrogen-bond acceptors (Lipinski definition) is 5. The van der Waals surface area contributed by atoms with Gasteiger partial charge in [0.05, 0.1) is 12.3 Å². The van der Waals surface area contributed by atoms with Crippen molar-refractivity contribution in [1.29, 1.82) is 0 Å². The van der Waals surface area contributed by atoms with E-state index in [0.717, 1.165) is 24.2 Å². The number of unbranched alkanes of at least 4 members (excludes halogenated alkanes) is 1. The summed E-state index contributed by atoms with van der Waals surface area (Å²) in [5.74, 6) is -0.246. The van der Waals surface area contributed by atoms with Crippen molar-refractivity contribution < 1.29 is 24.3 Å². The number of carbonyl (C=O) groups is 4. The van der Waals surface area contributed by atoms with Crippen LogP contribution in [0.15, 0.2) is 47.4 Å². The minimum atomic E-state index is -0.788. The van der Waals surface area contributed by atoms with Crippen molar-refractivity contribution in [2.45, 2.75) is 43.4 Å². The number of rotatable bonds is 13. The Hall–Kier alpha value is -2.61. The monoisotopic (exact) mass is 472 g/mol. The average molecular weight is 473 g/mol. The van der Waals surface area contributed by atoms with Gasteiger partial charge in [0.1, 0.15) is 5.78 Å². The van der Waals surface area contributed by atoms with Crippen molar-refractivity contribution in [3.05, 3.63) is 42.5 Å². The molecule has 2 bridgehead atoms. The zero-order valence-corrected chi connectivity index (χ0v) is 19.5. The van der Waals surface area contributed by atoms with Gasteiger partial charge in [-0.2, -0.15) is 0 Å². The molecule has 1 aromatic carbocycles. The summed E-state index contributed by atoms with van der Waals surface area (Å²) < 4.78 is 0. The summed E-state index contributed by atoms with van der Waals surface area (Å²) in [7, 11) is 0. The number of allylic oxidation sites excluding steroid dienone is 2. The number of carboxylic acids is 1. The summed E-state index contributed by atoms with van der Waals surface area (Å²) in [6.07, 6.45) is 8.11. The molecule has 0 saturated heterocycles. The van der Waals surface area contributed by atoms with Crippen LogP contribution in [-0.4, -0.2) is 47.5 Å². The van der Waals surface area contributed by atoms with Crippen molar-refractivity contribution in [2.24, 2.45) is 23.7 Å². The fourth-order valence-electron chi connectivity index (χ4n) is 4.93. The molecule has 4 atom stereocenters. The van der Waals surface area contributed by atoms with Crippen molar-refractivity contribution >= 4 is 35.3 Å². The number of benzene rings is 1. The Morgan fingerprint density at radius 1 is 1.00 bits per heavy atom. The SMILES string of the molecule is O=C(O)CCC/C=C\C[C@H]1[C@@H](CNC(=O)CNC(=O)CSc2ccccc2)[C@H]2CC[C@@H]1C2=O. The van der Waals surface area contributed by atoms with Crippen LogP contribution in [0.4, 0.5) is 0 Å². The van der Waals surface area contributed by atoms with E-state index in [4.69, 9.17) is 5.11 Å². The van der Waals surface area contributed by atoms with Crippen LogP contribution in [0, 0.1) is 23.7 Å². The molecular formula is C25H32N2O5S. The summed E-state index contributed by atoms with van der Waals surface area (Å²) in [4.78, 5) is 48.5. The number of Topliss-reactive ketones (excluding diaryl/α,β-unsaturated/α-hetero) is 1. The lowest BCUT2D eigenvalue weighted by Gasteiger charge is -2.29. The topological polar surface area (TPSA) is 113 Å². The molecular weight excluding hydrogens is 440 g/mol. The third kappa shape index (κ3) is 7.45. The molecule has 8 heteroatoms. The van der Waals surface area contributed by atoms with Crippen LogP contribution < -0.4 is 10.6 Å². The molecule has 0 aliphatic heterocycles. The first-order valence-corrected chi connectivity index (χ1v) is 12.6. The molecule has 3 N–H and O–H groups in total. The number of carbonyl (C=O) groups excluding carboxylic acids is 3. The van der Waals surface area contributed by atoms with Gasteiger partial charge in [0.25, 0.3) is 0 Å². The van der Waals surface area contributed by atoms with Crippen LogP contribution in [0.25, 0.3) is 0 Å². The summed E-state index contributed by atoms with van der Waals surface area (Å²) in [5.41, 5.74) is 0. The standard InChI is InChI=1S/C25H32N2O5S/c28-22(15-27-23(29)16-33-17-8-4-3-5-9-17)26-14-21-18(19-12-13-20(21)25(19)32)10-6-1-2-7-11-24(30)31/h1,3-6,8-9,18-21H,2,7,10-16H2,(H,26,28)(H,27,29)(H,30,31)/b6-1-/t18-,19+,20-,21-/m1/s1. The van der Waals surface area contributed by atoms with Gasteiger partial charge in [-0.05, 0) is 56.1 Å². The molecule has 1 aromatic rings. The molecule has 0 aromatic heterocycles. The molecule has 0 spiro atoms. The quantitative estimate of drug-likeness (QED) is 0.231. The zero-order valence-electron chi connectivity index (χ0n) is 18.7. The Balaban J connectivity index is 1.39. The summed E-state index contributed by atoms with van der Waals surface area (Å²) in [6.45, 7) is 0.370. The third-order valence-electron chi connectivity index (χ3n) is 6.53. The first-order valence-electron chi connectivity index (χ1n) is 11.6. The van der Waals surface area contributed by atoms with Crippen LogP contribution in [-0.2, 0) is 19.2 Å². The number of aliphatic carboxylic acids is 1. The van der Waals surface area contributed by atoms with E-state index in [2.05, 4.69) is 16.7 Å². The first kappa shape index (κ1) is 25.0. The van der Waals surface area contributed by atoms with Crippen molar-refractivity contribution in [2.75, 3.05) is 18.8 Å². The van der Waals surface area contributed by atoms with E-state index in [-0.39, 0.29) is 54.2 Å². The van der Waals surface area contributed by atoms with Crippen LogP contribution >= 0.6 is 11.8 Å².